The molecule has 0 aliphatic heterocycles. The number of carbonyl (C=O) groups is 2. The van der Waals surface area contributed by atoms with Crippen molar-refractivity contribution in [2.75, 3.05) is 5.32 Å². The van der Waals surface area contributed by atoms with E-state index in [1.54, 1.807) is 43.3 Å². The lowest BCUT2D eigenvalue weighted by molar-refractivity contribution is -0.611. The Kier molecular flexibility index (Phi) is 7.77. The van der Waals surface area contributed by atoms with Crippen LogP contribution in [0.5, 0.6) is 0 Å². The Hall–Kier alpha value is -3.53. The molecule has 0 spiro atoms. The van der Waals surface area contributed by atoms with Crippen molar-refractivity contribution < 1.29 is 23.1 Å². The predicted molar refractivity (Wildman–Crippen MR) is 135 cm³/mol. The van der Waals surface area contributed by atoms with E-state index < -0.39 is 29.7 Å². The second kappa shape index (κ2) is 10.8. The number of nitrogens with zero attached hydrogens (tertiary/aromatic N) is 3. The molecule has 0 unspecified atom stereocenters. The van der Waals surface area contributed by atoms with Gasteiger partial charge in [0.2, 0.25) is 11.8 Å². The normalized spacial score (nSPS) is 16.2. The summed E-state index contributed by atoms with van der Waals surface area (Å²) in [5.41, 5.74) is 2.61. The number of rotatable bonds is 7. The van der Waals surface area contributed by atoms with Crippen molar-refractivity contribution in [3.05, 3.63) is 70.4 Å². The molecule has 1 atom stereocenters. The van der Waals surface area contributed by atoms with E-state index in [-0.39, 0.29) is 25.7 Å². The Bertz CT molecular complexity index is 1290. The maximum Gasteiger partial charge on any atom is 0.270 e. The summed E-state index contributed by atoms with van der Waals surface area (Å²) in [5, 5.41) is 22.0. The van der Waals surface area contributed by atoms with E-state index in [2.05, 4.69) is 15.7 Å². The van der Waals surface area contributed by atoms with E-state index in [0.29, 0.717) is 38.9 Å². The zero-order valence-electron chi connectivity index (χ0n) is 20.5. The van der Waals surface area contributed by atoms with E-state index in [9.17, 15) is 23.6 Å². The van der Waals surface area contributed by atoms with Crippen molar-refractivity contribution >= 4 is 29.1 Å². The highest BCUT2D eigenvalue weighted by Gasteiger charge is 2.40. The maximum atomic E-state index is 13.8. The zero-order valence-corrected chi connectivity index (χ0v) is 21.3. The van der Waals surface area contributed by atoms with Crippen LogP contribution >= 0.6 is 11.6 Å². The number of benzene rings is 1. The van der Waals surface area contributed by atoms with Gasteiger partial charge < -0.3 is 15.8 Å². The first-order valence-corrected chi connectivity index (χ1v) is 12.5. The topological polar surface area (TPSA) is 103 Å². The number of aryl methyl sites for hydroxylation is 1. The van der Waals surface area contributed by atoms with E-state index in [1.165, 1.54) is 17.1 Å². The third-order valence-corrected chi connectivity index (χ3v) is 6.96. The molecule has 8 nitrogen and oxygen atoms in total. The molecular formula is C26H28ClF2N5O3. The first-order valence-electron chi connectivity index (χ1n) is 12.1. The van der Waals surface area contributed by atoms with Gasteiger partial charge in [-0.2, -0.15) is 9.83 Å². The summed E-state index contributed by atoms with van der Waals surface area (Å²) in [4.78, 5) is 26.3. The van der Waals surface area contributed by atoms with Gasteiger partial charge in [-0.1, -0.05) is 23.7 Å². The Labute approximate surface area is 218 Å². The number of pyridine rings is 1. The summed E-state index contributed by atoms with van der Waals surface area (Å²) in [6, 6.07) is 9.05. The molecule has 0 radical (unpaired) electrons. The molecule has 1 saturated carbocycles. The maximum absolute atomic E-state index is 13.8. The molecule has 1 fully saturated rings. The average Bonchev–Trinajstić information content (AvgIpc) is 3.34. The Morgan fingerprint density at radius 1 is 1.24 bits per heavy atom. The summed E-state index contributed by atoms with van der Waals surface area (Å²) < 4.78 is 29.8. The molecule has 3 aromatic rings. The standard InChI is InChI=1S/C26H28ClF2N5O3/c1-3-33-22(10-13-30-33)24(35)32-23(18-8-11-26(28,29)12-9-18)25(36)31-20-6-4-17(5-7-20)21-14-19(27)15-34(37)16(21)2/h4-7,10,13-15,18,23H,3,8-9,11-12H2,1-2H3,(H,31,36)(H,32,35)/t23-/m0/s1. The fraction of sp³-hybridized carbons (Fsp3) is 0.385. The minimum absolute atomic E-state index is 0.112. The largest absolute Gasteiger partial charge is 0.618 e. The van der Waals surface area contributed by atoms with E-state index in [4.69, 9.17) is 11.6 Å². The van der Waals surface area contributed by atoms with Crippen molar-refractivity contribution in [1.82, 2.24) is 15.1 Å². The number of hydrogen-bond acceptors (Lipinski definition) is 4. The van der Waals surface area contributed by atoms with Crippen LogP contribution in [0.2, 0.25) is 5.02 Å². The second-order valence-corrected chi connectivity index (χ2v) is 9.66. The molecule has 0 bridgehead atoms. The molecule has 1 aliphatic carbocycles. The second-order valence-electron chi connectivity index (χ2n) is 9.23. The third-order valence-electron chi connectivity index (χ3n) is 6.76. The lowest BCUT2D eigenvalue weighted by Crippen LogP contribution is -2.50. The first-order chi connectivity index (χ1) is 17.6. The van der Waals surface area contributed by atoms with Crippen LogP contribution in [-0.2, 0) is 11.3 Å². The van der Waals surface area contributed by atoms with Crippen LogP contribution in [0, 0.1) is 18.0 Å². The lowest BCUT2D eigenvalue weighted by Gasteiger charge is -2.33. The number of nitrogens with one attached hydrogen (secondary N) is 2. The van der Waals surface area contributed by atoms with E-state index in [1.807, 2.05) is 6.92 Å². The number of carbonyl (C=O) groups excluding carboxylic acids is 2. The summed E-state index contributed by atoms with van der Waals surface area (Å²) in [6.45, 7) is 3.98. The molecule has 2 amide bonds. The number of aromatic nitrogens is 3. The van der Waals surface area contributed by atoms with Crippen LogP contribution in [-0.4, -0.2) is 33.6 Å². The van der Waals surface area contributed by atoms with Gasteiger partial charge in [0.1, 0.15) is 16.8 Å². The first kappa shape index (κ1) is 26.5. The van der Waals surface area contributed by atoms with Gasteiger partial charge in [0.05, 0.1) is 5.56 Å². The molecule has 1 aliphatic rings. The van der Waals surface area contributed by atoms with Crippen LogP contribution in [0.25, 0.3) is 11.1 Å². The van der Waals surface area contributed by atoms with Gasteiger partial charge in [0.25, 0.3) is 5.91 Å². The molecule has 196 valence electrons. The van der Waals surface area contributed by atoms with Gasteiger partial charge in [0.15, 0.2) is 11.9 Å². The number of anilines is 1. The molecule has 4 rings (SSSR count). The summed E-state index contributed by atoms with van der Waals surface area (Å²) in [5.74, 6) is -4.19. The quantitative estimate of drug-likeness (QED) is 0.340. The highest BCUT2D eigenvalue weighted by molar-refractivity contribution is 6.30. The third kappa shape index (κ3) is 6.07. The fourth-order valence-corrected chi connectivity index (χ4v) is 4.84. The number of amides is 2. The molecule has 2 heterocycles. The van der Waals surface area contributed by atoms with Crippen LogP contribution in [0.1, 0.15) is 48.8 Å². The fourth-order valence-electron chi connectivity index (χ4n) is 4.64. The Morgan fingerprint density at radius 2 is 1.92 bits per heavy atom. The highest BCUT2D eigenvalue weighted by atomic mass is 35.5. The van der Waals surface area contributed by atoms with Crippen molar-refractivity contribution in [2.45, 2.75) is 58.0 Å². The molecule has 37 heavy (non-hydrogen) atoms. The Morgan fingerprint density at radius 3 is 2.57 bits per heavy atom. The zero-order chi connectivity index (χ0) is 26.7. The minimum Gasteiger partial charge on any atom is -0.618 e. The number of alkyl halides is 2. The smallest absolute Gasteiger partial charge is 0.270 e. The lowest BCUT2D eigenvalue weighted by atomic mass is 9.81. The van der Waals surface area contributed by atoms with Crippen LogP contribution in [0.3, 0.4) is 0 Å². The van der Waals surface area contributed by atoms with Crippen LogP contribution in [0.15, 0.2) is 48.8 Å². The van der Waals surface area contributed by atoms with Gasteiger partial charge in [-0.25, -0.2) is 8.78 Å². The van der Waals surface area contributed by atoms with Crippen molar-refractivity contribution in [3.8, 4) is 11.1 Å². The highest BCUT2D eigenvalue weighted by Crippen LogP contribution is 2.38. The van der Waals surface area contributed by atoms with Gasteiger partial charge in [-0.3, -0.25) is 14.3 Å². The van der Waals surface area contributed by atoms with E-state index in [0.717, 1.165) is 5.56 Å². The predicted octanol–water partition coefficient (Wildman–Crippen LogP) is 4.73. The average molecular weight is 532 g/mol. The molecule has 11 heteroatoms. The van der Waals surface area contributed by atoms with Gasteiger partial charge in [0, 0.05) is 38.2 Å². The minimum atomic E-state index is -2.76. The van der Waals surface area contributed by atoms with E-state index >= 15 is 0 Å². The summed E-state index contributed by atoms with van der Waals surface area (Å²) in [7, 11) is 0. The van der Waals surface area contributed by atoms with Gasteiger partial charge in [-0.15, -0.1) is 0 Å². The van der Waals surface area contributed by atoms with Gasteiger partial charge >= 0.3 is 0 Å². The van der Waals surface area contributed by atoms with Crippen molar-refractivity contribution in [3.63, 3.8) is 0 Å². The molecule has 2 aromatic heterocycles. The number of hydrogen-bond donors (Lipinski definition) is 2. The van der Waals surface area contributed by atoms with Crippen LogP contribution in [0.4, 0.5) is 14.5 Å². The van der Waals surface area contributed by atoms with Gasteiger partial charge in [-0.05, 0) is 55.5 Å². The van der Waals surface area contributed by atoms with Crippen molar-refractivity contribution in [2.24, 2.45) is 5.92 Å². The summed E-state index contributed by atoms with van der Waals surface area (Å²) in [6.07, 6.45) is 2.32. The van der Waals surface area contributed by atoms with Crippen LogP contribution < -0.4 is 15.4 Å². The molecule has 2 N–H and O–H groups in total. The monoisotopic (exact) mass is 531 g/mol. The molecule has 1 aromatic carbocycles. The SMILES string of the molecule is CCn1nccc1C(=O)N[C@H](C(=O)Nc1ccc(-c2cc(Cl)c[n+]([O-])c2C)cc1)C1CCC(F)(F)CC1. The molecular weight excluding hydrogens is 504 g/mol. The molecule has 0 saturated heterocycles. The Balaban J connectivity index is 1.53. The summed E-state index contributed by atoms with van der Waals surface area (Å²) >= 11 is 6.03. The van der Waals surface area contributed by atoms with Crippen molar-refractivity contribution in [1.29, 1.82) is 0 Å². The number of halogens is 3.